The average molecular weight is 220 g/mol. The first kappa shape index (κ1) is 11.2. The minimum Gasteiger partial charge on any atom is -0.298 e. The highest BCUT2D eigenvalue weighted by Gasteiger charge is 1.92. The SMILES string of the molecule is Cc1ccccc1C#Cc1cccc(C=O)c1. The van der Waals surface area contributed by atoms with E-state index in [1.807, 2.05) is 43.3 Å². The molecule has 0 radical (unpaired) electrons. The number of carbonyl (C=O) groups excluding carboxylic acids is 1. The molecule has 0 N–H and O–H groups in total. The van der Waals surface area contributed by atoms with Gasteiger partial charge in [-0.3, -0.25) is 4.79 Å². The third kappa shape index (κ3) is 2.83. The third-order valence-corrected chi connectivity index (χ3v) is 2.51. The Hall–Kier alpha value is -2.33. The summed E-state index contributed by atoms with van der Waals surface area (Å²) in [5, 5.41) is 0. The minimum absolute atomic E-state index is 0.654. The first-order valence-electron chi connectivity index (χ1n) is 5.42. The first-order chi connectivity index (χ1) is 8.29. The summed E-state index contributed by atoms with van der Waals surface area (Å²) in [6.07, 6.45) is 0.832. The van der Waals surface area contributed by atoms with Gasteiger partial charge in [-0.15, -0.1) is 0 Å². The van der Waals surface area contributed by atoms with Gasteiger partial charge in [0.25, 0.3) is 0 Å². The number of carbonyl (C=O) groups is 1. The molecule has 2 rings (SSSR count). The summed E-state index contributed by atoms with van der Waals surface area (Å²) in [4.78, 5) is 10.6. The van der Waals surface area contributed by atoms with Crippen LogP contribution in [0.25, 0.3) is 0 Å². The Morgan fingerprint density at radius 2 is 1.82 bits per heavy atom. The zero-order valence-corrected chi connectivity index (χ0v) is 9.60. The van der Waals surface area contributed by atoms with Crippen LogP contribution in [0.4, 0.5) is 0 Å². The second-order valence-electron chi connectivity index (χ2n) is 3.81. The fraction of sp³-hybridized carbons (Fsp3) is 0.0625. The summed E-state index contributed by atoms with van der Waals surface area (Å²) < 4.78 is 0. The Kier molecular flexibility index (Phi) is 3.37. The molecule has 0 unspecified atom stereocenters. The zero-order valence-electron chi connectivity index (χ0n) is 9.60. The van der Waals surface area contributed by atoms with Gasteiger partial charge in [-0.05, 0) is 30.7 Å². The van der Waals surface area contributed by atoms with Crippen LogP contribution in [0.2, 0.25) is 0 Å². The monoisotopic (exact) mass is 220 g/mol. The van der Waals surface area contributed by atoms with Crippen LogP contribution in [-0.4, -0.2) is 6.29 Å². The summed E-state index contributed by atoms with van der Waals surface area (Å²) >= 11 is 0. The van der Waals surface area contributed by atoms with Gasteiger partial charge in [0.05, 0.1) is 0 Å². The maximum Gasteiger partial charge on any atom is 0.150 e. The van der Waals surface area contributed by atoms with Gasteiger partial charge < -0.3 is 0 Å². The Balaban J connectivity index is 2.33. The summed E-state index contributed by atoms with van der Waals surface area (Å²) in [5.41, 5.74) is 3.69. The summed E-state index contributed by atoms with van der Waals surface area (Å²) in [6, 6.07) is 15.3. The van der Waals surface area contributed by atoms with Crippen LogP contribution < -0.4 is 0 Å². The van der Waals surface area contributed by atoms with Crippen LogP contribution in [0, 0.1) is 18.8 Å². The average Bonchev–Trinajstić information content (AvgIpc) is 2.38. The van der Waals surface area contributed by atoms with Gasteiger partial charge in [-0.1, -0.05) is 42.2 Å². The van der Waals surface area contributed by atoms with Crippen molar-refractivity contribution in [1.29, 1.82) is 0 Å². The number of hydrogen-bond acceptors (Lipinski definition) is 1. The van der Waals surface area contributed by atoms with E-state index in [1.165, 1.54) is 0 Å². The molecule has 0 heterocycles. The quantitative estimate of drug-likeness (QED) is 0.532. The summed E-state index contributed by atoms with van der Waals surface area (Å²) in [6.45, 7) is 2.03. The molecule has 0 amide bonds. The van der Waals surface area contributed by atoms with Crippen molar-refractivity contribution in [3.63, 3.8) is 0 Å². The van der Waals surface area contributed by atoms with Gasteiger partial charge >= 0.3 is 0 Å². The predicted molar refractivity (Wildman–Crippen MR) is 69.0 cm³/mol. The highest BCUT2D eigenvalue weighted by atomic mass is 16.1. The Morgan fingerprint density at radius 1 is 1.00 bits per heavy atom. The lowest BCUT2D eigenvalue weighted by Gasteiger charge is -1.95. The van der Waals surface area contributed by atoms with E-state index in [0.717, 1.165) is 23.0 Å². The Labute approximate surface area is 101 Å². The van der Waals surface area contributed by atoms with Crippen molar-refractivity contribution in [3.8, 4) is 11.8 Å². The fourth-order valence-electron chi connectivity index (χ4n) is 1.54. The molecule has 17 heavy (non-hydrogen) atoms. The molecule has 0 aromatic heterocycles. The standard InChI is InChI=1S/C16H12O/c1-13-5-2-3-8-16(13)10-9-14-6-4-7-15(11-14)12-17/h2-8,11-12H,1H3. The molecule has 2 aromatic rings. The van der Waals surface area contributed by atoms with Crippen LogP contribution in [0.5, 0.6) is 0 Å². The molecule has 0 aliphatic heterocycles. The zero-order chi connectivity index (χ0) is 12.1. The smallest absolute Gasteiger partial charge is 0.150 e. The normalized spacial score (nSPS) is 9.24. The van der Waals surface area contributed by atoms with Crippen molar-refractivity contribution in [3.05, 3.63) is 70.8 Å². The van der Waals surface area contributed by atoms with Crippen molar-refractivity contribution in [2.75, 3.05) is 0 Å². The van der Waals surface area contributed by atoms with Crippen LogP contribution >= 0.6 is 0 Å². The van der Waals surface area contributed by atoms with Crippen molar-refractivity contribution in [1.82, 2.24) is 0 Å². The molecule has 0 fully saturated rings. The molecule has 0 saturated heterocycles. The van der Waals surface area contributed by atoms with Gasteiger partial charge in [0.2, 0.25) is 0 Å². The van der Waals surface area contributed by atoms with Crippen molar-refractivity contribution in [2.45, 2.75) is 6.92 Å². The number of aryl methyl sites for hydroxylation is 1. The second kappa shape index (κ2) is 5.14. The number of rotatable bonds is 1. The van der Waals surface area contributed by atoms with Crippen LogP contribution in [-0.2, 0) is 0 Å². The molecule has 0 aliphatic rings. The van der Waals surface area contributed by atoms with E-state index in [0.29, 0.717) is 5.56 Å². The molecule has 0 atom stereocenters. The maximum absolute atomic E-state index is 10.6. The van der Waals surface area contributed by atoms with E-state index >= 15 is 0 Å². The topological polar surface area (TPSA) is 17.1 Å². The lowest BCUT2D eigenvalue weighted by molar-refractivity contribution is 0.112. The molecule has 2 aromatic carbocycles. The molecule has 0 bridgehead atoms. The van der Waals surface area contributed by atoms with E-state index in [1.54, 1.807) is 12.1 Å². The van der Waals surface area contributed by atoms with Crippen LogP contribution in [0.15, 0.2) is 48.5 Å². The van der Waals surface area contributed by atoms with Gasteiger partial charge in [0.15, 0.2) is 0 Å². The van der Waals surface area contributed by atoms with Gasteiger partial charge in [-0.25, -0.2) is 0 Å². The fourth-order valence-corrected chi connectivity index (χ4v) is 1.54. The van der Waals surface area contributed by atoms with E-state index in [9.17, 15) is 4.79 Å². The molecule has 1 heteroatoms. The van der Waals surface area contributed by atoms with Crippen molar-refractivity contribution in [2.24, 2.45) is 0 Å². The molecule has 0 spiro atoms. The van der Waals surface area contributed by atoms with E-state index < -0.39 is 0 Å². The maximum atomic E-state index is 10.6. The molecule has 82 valence electrons. The predicted octanol–water partition coefficient (Wildman–Crippen LogP) is 3.21. The molecule has 0 aliphatic carbocycles. The largest absolute Gasteiger partial charge is 0.298 e. The Bertz CT molecular complexity index is 600. The lowest BCUT2D eigenvalue weighted by atomic mass is 10.1. The van der Waals surface area contributed by atoms with E-state index in [4.69, 9.17) is 0 Å². The van der Waals surface area contributed by atoms with E-state index in [2.05, 4.69) is 11.8 Å². The number of aldehydes is 1. The third-order valence-electron chi connectivity index (χ3n) is 2.51. The molecular weight excluding hydrogens is 208 g/mol. The van der Waals surface area contributed by atoms with Crippen molar-refractivity contribution >= 4 is 6.29 Å². The number of hydrogen-bond donors (Lipinski definition) is 0. The molecule has 1 nitrogen and oxygen atoms in total. The molecular formula is C16H12O. The summed E-state index contributed by atoms with van der Waals surface area (Å²) in [5.74, 6) is 6.18. The Morgan fingerprint density at radius 3 is 2.59 bits per heavy atom. The first-order valence-corrected chi connectivity index (χ1v) is 5.42. The van der Waals surface area contributed by atoms with Crippen LogP contribution in [0.3, 0.4) is 0 Å². The number of benzene rings is 2. The highest BCUT2D eigenvalue weighted by Crippen LogP contribution is 2.06. The van der Waals surface area contributed by atoms with Gasteiger partial charge in [0.1, 0.15) is 6.29 Å². The lowest BCUT2D eigenvalue weighted by Crippen LogP contribution is -1.83. The summed E-state index contributed by atoms with van der Waals surface area (Å²) in [7, 11) is 0. The van der Waals surface area contributed by atoms with Gasteiger partial charge in [-0.2, -0.15) is 0 Å². The molecule has 0 saturated carbocycles. The van der Waals surface area contributed by atoms with Crippen molar-refractivity contribution < 1.29 is 4.79 Å². The highest BCUT2D eigenvalue weighted by molar-refractivity contribution is 5.75. The second-order valence-corrected chi connectivity index (χ2v) is 3.81. The van der Waals surface area contributed by atoms with Crippen LogP contribution in [0.1, 0.15) is 27.0 Å². The van der Waals surface area contributed by atoms with E-state index in [-0.39, 0.29) is 0 Å². The van der Waals surface area contributed by atoms with Gasteiger partial charge in [0, 0.05) is 16.7 Å². The minimum atomic E-state index is 0.654.